The van der Waals surface area contributed by atoms with Crippen LogP contribution in [0.4, 0.5) is 0 Å². The van der Waals surface area contributed by atoms with Gasteiger partial charge in [-0.3, -0.25) is 0 Å². The lowest BCUT2D eigenvalue weighted by Gasteiger charge is -2.33. The summed E-state index contributed by atoms with van der Waals surface area (Å²) < 4.78 is 5.25. The van der Waals surface area contributed by atoms with Gasteiger partial charge in [-0.25, -0.2) is 0 Å². The molecule has 2 N–H and O–H groups in total. The molecule has 0 aromatic carbocycles. The molecule has 1 aromatic heterocycles. The molecule has 0 amide bonds. The molecule has 2 rings (SSSR count). The summed E-state index contributed by atoms with van der Waals surface area (Å²) in [4.78, 5) is 6.97. The van der Waals surface area contributed by atoms with Crippen molar-refractivity contribution in [1.29, 1.82) is 0 Å². The highest BCUT2D eigenvalue weighted by molar-refractivity contribution is 4.99. The maximum absolute atomic E-state index is 5.73. The summed E-state index contributed by atoms with van der Waals surface area (Å²) in [6.07, 6.45) is 2.91. The van der Waals surface area contributed by atoms with Crippen LogP contribution in [-0.2, 0) is 6.42 Å². The molecular formula is C13H24N4O. The Hall–Kier alpha value is -0.940. The average molecular weight is 252 g/mol. The van der Waals surface area contributed by atoms with Crippen LogP contribution in [-0.4, -0.2) is 40.2 Å². The molecule has 1 aliphatic heterocycles. The summed E-state index contributed by atoms with van der Waals surface area (Å²) in [6, 6.07) is 0.700. The van der Waals surface area contributed by atoms with Gasteiger partial charge in [0.1, 0.15) is 0 Å². The van der Waals surface area contributed by atoms with E-state index in [9.17, 15) is 0 Å². The van der Waals surface area contributed by atoms with E-state index in [0.29, 0.717) is 24.3 Å². The number of rotatable bonds is 4. The highest BCUT2D eigenvalue weighted by atomic mass is 16.5. The third kappa shape index (κ3) is 3.29. The number of aromatic nitrogens is 2. The minimum atomic E-state index is 0.0705. The standard InChI is InChI=1S/C13H24N4O/c1-9(2)17-6-4-11(5-7-17)13-15-12(18-16-13)8-10(3)14/h9-11H,4-8,14H2,1-3H3. The van der Waals surface area contributed by atoms with Crippen molar-refractivity contribution in [1.82, 2.24) is 15.0 Å². The Morgan fingerprint density at radius 1 is 1.33 bits per heavy atom. The molecule has 5 nitrogen and oxygen atoms in total. The van der Waals surface area contributed by atoms with Crippen LogP contribution in [0.15, 0.2) is 4.52 Å². The molecule has 102 valence electrons. The Bertz CT molecular complexity index is 367. The highest BCUT2D eigenvalue weighted by Gasteiger charge is 2.25. The van der Waals surface area contributed by atoms with E-state index in [1.54, 1.807) is 0 Å². The van der Waals surface area contributed by atoms with E-state index in [-0.39, 0.29) is 6.04 Å². The fraction of sp³-hybridized carbons (Fsp3) is 0.846. The average Bonchev–Trinajstić information content (AvgIpc) is 2.76. The Kier molecular flexibility index (Phi) is 4.35. The molecule has 0 aliphatic carbocycles. The Labute approximate surface area is 109 Å². The number of hydrogen-bond donors (Lipinski definition) is 1. The third-order valence-corrected chi connectivity index (χ3v) is 3.61. The molecule has 1 unspecified atom stereocenters. The van der Waals surface area contributed by atoms with Crippen LogP contribution in [0, 0.1) is 0 Å². The fourth-order valence-electron chi connectivity index (χ4n) is 2.47. The molecule has 2 heterocycles. The highest BCUT2D eigenvalue weighted by Crippen LogP contribution is 2.26. The van der Waals surface area contributed by atoms with Crippen LogP contribution in [0.2, 0.25) is 0 Å². The van der Waals surface area contributed by atoms with Gasteiger partial charge < -0.3 is 15.2 Å². The summed E-state index contributed by atoms with van der Waals surface area (Å²) in [5, 5.41) is 4.10. The van der Waals surface area contributed by atoms with E-state index in [2.05, 4.69) is 28.9 Å². The van der Waals surface area contributed by atoms with E-state index in [0.717, 1.165) is 31.8 Å². The van der Waals surface area contributed by atoms with Crippen LogP contribution in [0.1, 0.15) is 51.2 Å². The van der Waals surface area contributed by atoms with E-state index < -0.39 is 0 Å². The summed E-state index contributed by atoms with van der Waals surface area (Å²) in [5.74, 6) is 1.99. The fourth-order valence-corrected chi connectivity index (χ4v) is 2.47. The molecule has 0 radical (unpaired) electrons. The lowest BCUT2D eigenvalue weighted by atomic mass is 9.95. The summed E-state index contributed by atoms with van der Waals surface area (Å²) in [5.41, 5.74) is 5.73. The van der Waals surface area contributed by atoms with Crippen molar-refractivity contribution in [3.8, 4) is 0 Å². The first-order valence-corrected chi connectivity index (χ1v) is 6.88. The minimum absolute atomic E-state index is 0.0705. The SMILES string of the molecule is CC(N)Cc1nc(C2CCN(C(C)C)CC2)no1. The van der Waals surface area contributed by atoms with Gasteiger partial charge >= 0.3 is 0 Å². The molecule has 5 heteroatoms. The maximum atomic E-state index is 5.73. The predicted molar refractivity (Wildman–Crippen MR) is 70.3 cm³/mol. The zero-order valence-electron chi connectivity index (χ0n) is 11.6. The lowest BCUT2D eigenvalue weighted by Crippen LogP contribution is -2.38. The van der Waals surface area contributed by atoms with Crippen LogP contribution >= 0.6 is 0 Å². The largest absolute Gasteiger partial charge is 0.339 e. The van der Waals surface area contributed by atoms with Crippen LogP contribution < -0.4 is 5.73 Å². The number of piperidine rings is 1. The van der Waals surface area contributed by atoms with E-state index >= 15 is 0 Å². The molecule has 0 bridgehead atoms. The van der Waals surface area contributed by atoms with Gasteiger partial charge in [0.25, 0.3) is 0 Å². The number of nitrogens with zero attached hydrogens (tertiary/aromatic N) is 3. The lowest BCUT2D eigenvalue weighted by molar-refractivity contribution is 0.168. The van der Waals surface area contributed by atoms with Gasteiger partial charge in [-0.05, 0) is 46.7 Å². The van der Waals surface area contributed by atoms with Gasteiger partial charge in [-0.1, -0.05) is 5.16 Å². The zero-order chi connectivity index (χ0) is 13.1. The molecule has 0 saturated carbocycles. The number of nitrogens with two attached hydrogens (primary N) is 1. The maximum Gasteiger partial charge on any atom is 0.228 e. The smallest absolute Gasteiger partial charge is 0.228 e. The van der Waals surface area contributed by atoms with Crippen molar-refractivity contribution < 1.29 is 4.52 Å². The Morgan fingerprint density at radius 3 is 2.56 bits per heavy atom. The predicted octanol–water partition coefficient (Wildman–Crippen LogP) is 1.55. The topological polar surface area (TPSA) is 68.2 Å². The number of likely N-dealkylation sites (tertiary alicyclic amines) is 1. The molecule has 1 aliphatic rings. The van der Waals surface area contributed by atoms with Crippen LogP contribution in [0.3, 0.4) is 0 Å². The quantitative estimate of drug-likeness (QED) is 0.880. The molecule has 1 saturated heterocycles. The van der Waals surface area contributed by atoms with Crippen molar-refractivity contribution in [2.24, 2.45) is 5.73 Å². The number of hydrogen-bond acceptors (Lipinski definition) is 5. The zero-order valence-corrected chi connectivity index (χ0v) is 11.6. The van der Waals surface area contributed by atoms with Crippen molar-refractivity contribution in [2.75, 3.05) is 13.1 Å². The van der Waals surface area contributed by atoms with Crippen molar-refractivity contribution in [2.45, 2.75) is 58.0 Å². The van der Waals surface area contributed by atoms with Crippen LogP contribution in [0.5, 0.6) is 0 Å². The second kappa shape index (κ2) is 5.80. The molecule has 18 heavy (non-hydrogen) atoms. The molecule has 1 aromatic rings. The first kappa shape index (κ1) is 13.5. The van der Waals surface area contributed by atoms with E-state index in [1.807, 2.05) is 6.92 Å². The second-order valence-electron chi connectivity index (χ2n) is 5.63. The van der Waals surface area contributed by atoms with E-state index in [1.165, 1.54) is 0 Å². The normalized spacial score (nSPS) is 20.5. The van der Waals surface area contributed by atoms with E-state index in [4.69, 9.17) is 10.3 Å². The van der Waals surface area contributed by atoms with Crippen molar-refractivity contribution in [3.05, 3.63) is 11.7 Å². The van der Waals surface area contributed by atoms with Gasteiger partial charge in [-0.15, -0.1) is 0 Å². The first-order chi connectivity index (χ1) is 8.56. The molecule has 1 atom stereocenters. The molecule has 1 fully saturated rings. The second-order valence-corrected chi connectivity index (χ2v) is 5.63. The van der Waals surface area contributed by atoms with Gasteiger partial charge in [0.2, 0.25) is 5.89 Å². The van der Waals surface area contributed by atoms with Gasteiger partial charge in [0.05, 0.1) is 0 Å². The summed E-state index contributed by atoms with van der Waals surface area (Å²) in [6.45, 7) is 8.69. The van der Waals surface area contributed by atoms with Crippen molar-refractivity contribution >= 4 is 0 Å². The molecular weight excluding hydrogens is 228 g/mol. The van der Waals surface area contributed by atoms with Crippen LogP contribution in [0.25, 0.3) is 0 Å². The summed E-state index contributed by atoms with van der Waals surface area (Å²) in [7, 11) is 0. The molecule has 0 spiro atoms. The Balaban J connectivity index is 1.91. The Morgan fingerprint density at radius 2 is 2.00 bits per heavy atom. The van der Waals surface area contributed by atoms with Gasteiger partial charge in [0.15, 0.2) is 5.82 Å². The third-order valence-electron chi connectivity index (χ3n) is 3.61. The summed E-state index contributed by atoms with van der Waals surface area (Å²) >= 11 is 0. The first-order valence-electron chi connectivity index (χ1n) is 6.88. The van der Waals surface area contributed by atoms with Gasteiger partial charge in [0, 0.05) is 24.4 Å². The monoisotopic (exact) mass is 252 g/mol. The van der Waals surface area contributed by atoms with Gasteiger partial charge in [-0.2, -0.15) is 4.98 Å². The van der Waals surface area contributed by atoms with Crippen molar-refractivity contribution in [3.63, 3.8) is 0 Å². The minimum Gasteiger partial charge on any atom is -0.339 e.